The molecule has 18 heavy (non-hydrogen) atoms. The van der Waals surface area contributed by atoms with Crippen LogP contribution in [0.25, 0.3) is 0 Å². The van der Waals surface area contributed by atoms with Gasteiger partial charge in [0.15, 0.2) is 0 Å². The molecular weight excluding hydrogens is 374 g/mol. The Labute approximate surface area is 129 Å². The molecule has 1 atom stereocenters. The number of hydrogen-bond donors (Lipinski definition) is 1. The van der Waals surface area contributed by atoms with Crippen LogP contribution < -0.4 is 5.32 Å². The van der Waals surface area contributed by atoms with Crippen molar-refractivity contribution in [2.24, 2.45) is 0 Å². The molecule has 2 rings (SSSR count). The zero-order valence-corrected chi connectivity index (χ0v) is 14.3. The molecule has 1 heterocycles. The number of halogens is 2. The average Bonchev–Trinajstić information content (AvgIpc) is 2.73. The fourth-order valence-electron chi connectivity index (χ4n) is 1.94. The van der Waals surface area contributed by atoms with E-state index in [1.54, 1.807) is 11.3 Å². The molecule has 4 heteroatoms. The van der Waals surface area contributed by atoms with Gasteiger partial charge < -0.3 is 5.32 Å². The standard InChI is InChI=1S/C14H15Br2NS/c1-9-3-4-10(12(16)7-9)13(17-2)8-14-11(15)5-6-18-14/h3-7,13,17H,8H2,1-2H3. The minimum atomic E-state index is 0.329. The average molecular weight is 389 g/mol. The van der Waals surface area contributed by atoms with E-state index in [4.69, 9.17) is 0 Å². The molecule has 0 spiro atoms. The van der Waals surface area contributed by atoms with Gasteiger partial charge in [-0.3, -0.25) is 0 Å². The van der Waals surface area contributed by atoms with Gasteiger partial charge in [0, 0.05) is 26.3 Å². The largest absolute Gasteiger partial charge is 0.313 e. The van der Waals surface area contributed by atoms with Gasteiger partial charge in [0.25, 0.3) is 0 Å². The van der Waals surface area contributed by atoms with Gasteiger partial charge in [-0.2, -0.15) is 0 Å². The normalized spacial score (nSPS) is 12.7. The van der Waals surface area contributed by atoms with Crippen LogP contribution in [0.3, 0.4) is 0 Å². The summed E-state index contributed by atoms with van der Waals surface area (Å²) in [4.78, 5) is 1.38. The Kier molecular flexibility index (Phi) is 5.01. The lowest BCUT2D eigenvalue weighted by Gasteiger charge is -2.18. The Morgan fingerprint density at radius 2 is 2.00 bits per heavy atom. The number of rotatable bonds is 4. The maximum absolute atomic E-state index is 3.66. The van der Waals surface area contributed by atoms with E-state index in [9.17, 15) is 0 Å². The molecule has 0 saturated carbocycles. The first-order valence-corrected chi connectivity index (χ1v) is 8.23. The van der Waals surface area contributed by atoms with Crippen LogP contribution in [0.5, 0.6) is 0 Å². The summed E-state index contributed by atoms with van der Waals surface area (Å²) in [5.74, 6) is 0. The quantitative estimate of drug-likeness (QED) is 0.769. The van der Waals surface area contributed by atoms with Crippen LogP contribution in [0.2, 0.25) is 0 Å². The number of likely N-dealkylation sites (N-methyl/N-ethyl adjacent to an activating group) is 1. The molecule has 0 aliphatic heterocycles. The molecule has 1 aromatic heterocycles. The van der Waals surface area contributed by atoms with Gasteiger partial charge in [-0.15, -0.1) is 11.3 Å². The summed E-state index contributed by atoms with van der Waals surface area (Å²) in [7, 11) is 2.01. The van der Waals surface area contributed by atoms with Crippen molar-refractivity contribution in [3.63, 3.8) is 0 Å². The first-order chi connectivity index (χ1) is 8.61. The third kappa shape index (κ3) is 3.23. The van der Waals surface area contributed by atoms with E-state index in [1.807, 2.05) is 7.05 Å². The maximum Gasteiger partial charge on any atom is 0.0377 e. The zero-order valence-electron chi connectivity index (χ0n) is 10.3. The summed E-state index contributed by atoms with van der Waals surface area (Å²) in [5.41, 5.74) is 2.58. The topological polar surface area (TPSA) is 12.0 Å². The third-order valence-corrected chi connectivity index (χ3v) is 5.60. The zero-order chi connectivity index (χ0) is 13.1. The Morgan fingerprint density at radius 1 is 1.22 bits per heavy atom. The van der Waals surface area contributed by atoms with Crippen molar-refractivity contribution in [3.05, 3.63) is 54.6 Å². The van der Waals surface area contributed by atoms with Gasteiger partial charge in [0.05, 0.1) is 0 Å². The first kappa shape index (κ1) is 14.3. The third-order valence-electron chi connectivity index (χ3n) is 2.96. The van der Waals surface area contributed by atoms with Crippen LogP contribution in [0.15, 0.2) is 38.6 Å². The molecule has 96 valence electrons. The van der Waals surface area contributed by atoms with Crippen molar-refractivity contribution < 1.29 is 0 Å². The summed E-state index contributed by atoms with van der Waals surface area (Å²) < 4.78 is 2.38. The number of thiophene rings is 1. The summed E-state index contributed by atoms with van der Waals surface area (Å²) in [6.45, 7) is 2.11. The molecule has 1 N–H and O–H groups in total. The van der Waals surface area contributed by atoms with Crippen LogP contribution in [-0.2, 0) is 6.42 Å². The number of benzene rings is 1. The lowest BCUT2D eigenvalue weighted by Crippen LogP contribution is -2.19. The molecule has 0 radical (unpaired) electrons. The van der Waals surface area contributed by atoms with Gasteiger partial charge in [-0.05, 0) is 58.5 Å². The number of hydrogen-bond acceptors (Lipinski definition) is 2. The van der Waals surface area contributed by atoms with E-state index in [2.05, 4.69) is 73.7 Å². The van der Waals surface area contributed by atoms with Gasteiger partial charge in [-0.25, -0.2) is 0 Å². The van der Waals surface area contributed by atoms with E-state index in [0.29, 0.717) is 6.04 Å². The minimum absolute atomic E-state index is 0.329. The number of aryl methyl sites for hydroxylation is 1. The predicted octanol–water partition coefficient (Wildman–Crippen LogP) is 5.08. The molecule has 0 amide bonds. The Hall–Kier alpha value is -0.160. The first-order valence-electron chi connectivity index (χ1n) is 5.77. The highest BCUT2D eigenvalue weighted by Gasteiger charge is 2.15. The molecule has 1 nitrogen and oxygen atoms in total. The molecule has 1 aromatic carbocycles. The molecule has 2 aromatic rings. The predicted molar refractivity (Wildman–Crippen MR) is 86.4 cm³/mol. The Morgan fingerprint density at radius 3 is 2.56 bits per heavy atom. The van der Waals surface area contributed by atoms with E-state index >= 15 is 0 Å². The van der Waals surface area contributed by atoms with Gasteiger partial charge >= 0.3 is 0 Å². The molecule has 0 aliphatic rings. The van der Waals surface area contributed by atoms with E-state index in [-0.39, 0.29) is 0 Å². The molecule has 0 fully saturated rings. The van der Waals surface area contributed by atoms with E-state index < -0.39 is 0 Å². The van der Waals surface area contributed by atoms with Crippen LogP contribution in [0.1, 0.15) is 22.0 Å². The summed E-state index contributed by atoms with van der Waals surface area (Å²) in [6.07, 6.45) is 0.996. The molecule has 0 bridgehead atoms. The highest BCUT2D eigenvalue weighted by Crippen LogP contribution is 2.31. The SMILES string of the molecule is CNC(Cc1sccc1Br)c1ccc(C)cc1Br. The smallest absolute Gasteiger partial charge is 0.0377 e. The Balaban J connectivity index is 2.26. The van der Waals surface area contributed by atoms with E-state index in [1.165, 1.54) is 24.9 Å². The van der Waals surface area contributed by atoms with Gasteiger partial charge in [0.2, 0.25) is 0 Å². The van der Waals surface area contributed by atoms with Crippen LogP contribution in [0.4, 0.5) is 0 Å². The molecular formula is C14H15Br2NS. The fourth-order valence-corrected chi connectivity index (χ4v) is 4.27. The van der Waals surface area contributed by atoms with Crippen molar-refractivity contribution in [2.45, 2.75) is 19.4 Å². The molecule has 0 aliphatic carbocycles. The van der Waals surface area contributed by atoms with Gasteiger partial charge in [-0.1, -0.05) is 28.1 Å². The lowest BCUT2D eigenvalue weighted by molar-refractivity contribution is 0.593. The van der Waals surface area contributed by atoms with Crippen LogP contribution in [0, 0.1) is 6.92 Å². The van der Waals surface area contributed by atoms with Crippen LogP contribution >= 0.6 is 43.2 Å². The summed E-state index contributed by atoms with van der Waals surface area (Å²) in [6, 6.07) is 8.96. The number of nitrogens with one attached hydrogen (secondary N) is 1. The summed E-state index contributed by atoms with van der Waals surface area (Å²) in [5, 5.41) is 5.52. The van der Waals surface area contributed by atoms with Crippen molar-refractivity contribution in [3.8, 4) is 0 Å². The highest BCUT2D eigenvalue weighted by atomic mass is 79.9. The monoisotopic (exact) mass is 387 g/mol. The van der Waals surface area contributed by atoms with Crippen molar-refractivity contribution >= 4 is 43.2 Å². The second-order valence-electron chi connectivity index (χ2n) is 4.26. The minimum Gasteiger partial charge on any atom is -0.313 e. The second kappa shape index (κ2) is 6.33. The Bertz CT molecular complexity index is 536. The summed E-state index contributed by atoms with van der Waals surface area (Å²) >= 11 is 9.06. The van der Waals surface area contributed by atoms with Crippen molar-refractivity contribution in [1.82, 2.24) is 5.32 Å². The van der Waals surface area contributed by atoms with Gasteiger partial charge in [0.1, 0.15) is 0 Å². The van der Waals surface area contributed by atoms with E-state index in [0.717, 1.165) is 6.42 Å². The maximum atomic E-state index is 3.66. The second-order valence-corrected chi connectivity index (χ2v) is 6.97. The molecule has 1 unspecified atom stereocenters. The van der Waals surface area contributed by atoms with Crippen LogP contribution in [-0.4, -0.2) is 7.05 Å². The van der Waals surface area contributed by atoms with Crippen molar-refractivity contribution in [1.29, 1.82) is 0 Å². The van der Waals surface area contributed by atoms with Crippen molar-refractivity contribution in [2.75, 3.05) is 7.05 Å². The molecule has 0 saturated heterocycles. The fraction of sp³-hybridized carbons (Fsp3) is 0.286. The lowest BCUT2D eigenvalue weighted by atomic mass is 10.0. The highest BCUT2D eigenvalue weighted by molar-refractivity contribution is 9.10.